The fraction of sp³-hybridized carbons (Fsp3) is 0.273. The zero-order valence-electron chi connectivity index (χ0n) is 17.5. The van der Waals surface area contributed by atoms with Gasteiger partial charge in [-0.2, -0.15) is 0 Å². The second kappa shape index (κ2) is 12.0. The second-order valence-electron chi connectivity index (χ2n) is 5.72. The Labute approximate surface area is 175 Å². The Bertz CT molecular complexity index is 787. The van der Waals surface area contributed by atoms with E-state index in [9.17, 15) is 4.91 Å². The van der Waals surface area contributed by atoms with E-state index >= 15 is 0 Å². The van der Waals surface area contributed by atoms with Crippen molar-refractivity contribution >= 4 is 11.5 Å². The Kier molecular flexibility index (Phi) is 9.05. The van der Waals surface area contributed by atoms with Gasteiger partial charge in [-0.05, 0) is 62.4 Å². The normalized spacial score (nSPS) is 11.5. The van der Waals surface area contributed by atoms with Crippen LogP contribution in [0.5, 0.6) is 11.5 Å². The van der Waals surface area contributed by atoms with Crippen molar-refractivity contribution in [3.05, 3.63) is 77.1 Å². The minimum absolute atomic E-state index is 0.0505. The summed E-state index contributed by atoms with van der Waals surface area (Å²) < 4.78 is 21.3. The average Bonchev–Trinajstić information content (AvgIpc) is 2.79. The van der Waals surface area contributed by atoms with Gasteiger partial charge in [-0.3, -0.25) is 0 Å². The predicted molar refractivity (Wildman–Crippen MR) is 111 cm³/mol. The largest absolute Gasteiger partial charge is 0.497 e. The highest BCUT2D eigenvalue weighted by Crippen LogP contribution is 2.21. The van der Waals surface area contributed by atoms with E-state index in [-0.39, 0.29) is 5.09 Å². The Balaban J connectivity index is 2.07. The quantitative estimate of drug-likeness (QED) is 0.366. The number of ether oxygens (including phenoxy) is 4. The van der Waals surface area contributed by atoms with Gasteiger partial charge in [0.15, 0.2) is 11.5 Å². The number of methoxy groups -OCH3 is 2. The molecule has 0 atom stereocenters. The second-order valence-corrected chi connectivity index (χ2v) is 5.72. The molecule has 0 N–H and O–H groups in total. The van der Waals surface area contributed by atoms with Crippen LogP contribution in [-0.2, 0) is 19.1 Å². The first-order valence-electron chi connectivity index (χ1n) is 9.36. The van der Waals surface area contributed by atoms with Crippen molar-refractivity contribution in [2.45, 2.75) is 13.8 Å². The molecule has 0 aliphatic heterocycles. The first kappa shape index (κ1) is 22.6. The van der Waals surface area contributed by atoms with Crippen LogP contribution in [0.25, 0.3) is 11.5 Å². The minimum atomic E-state index is -0.0505. The van der Waals surface area contributed by atoms with Crippen LogP contribution in [-0.4, -0.2) is 32.5 Å². The van der Waals surface area contributed by atoms with E-state index in [1.165, 1.54) is 12.5 Å². The smallest absolute Gasteiger partial charge is 0.488 e. The summed E-state index contributed by atoms with van der Waals surface area (Å²) in [7, 11) is 3.17. The zero-order chi connectivity index (χ0) is 21.8. The molecular formula is C22H26NO7+. The third-order valence-electron chi connectivity index (χ3n) is 3.84. The maximum absolute atomic E-state index is 12.0. The molecule has 2 aromatic rings. The minimum Gasteiger partial charge on any atom is -0.497 e. The lowest BCUT2D eigenvalue weighted by Gasteiger charge is -2.08. The van der Waals surface area contributed by atoms with E-state index in [0.717, 1.165) is 11.1 Å². The maximum atomic E-state index is 12.0. The molecule has 0 saturated heterocycles. The van der Waals surface area contributed by atoms with Gasteiger partial charge in [0, 0.05) is 11.1 Å². The molecule has 160 valence electrons. The van der Waals surface area contributed by atoms with E-state index < -0.39 is 0 Å². The molecule has 0 saturated carbocycles. The Morgan fingerprint density at radius 1 is 0.733 bits per heavy atom. The van der Waals surface area contributed by atoms with Gasteiger partial charge >= 0.3 is 5.09 Å². The first-order valence-corrected chi connectivity index (χ1v) is 9.36. The standard InChI is InChI=1S/C22H26NO7/c1-5-27-21(17-7-11-19(25-3)12-8-17)15-29-23(24)30-16-22(28-6-2)18-9-13-20(26-4)14-10-18/h7-16H,5-6H2,1-4H3/q+1. The third kappa shape index (κ3) is 6.73. The molecule has 8 nitrogen and oxygen atoms in total. The molecule has 0 aromatic heterocycles. The third-order valence-corrected chi connectivity index (χ3v) is 3.84. The van der Waals surface area contributed by atoms with Crippen LogP contribution in [0.1, 0.15) is 25.0 Å². The topological polar surface area (TPSA) is 75.5 Å². The molecule has 0 aliphatic rings. The van der Waals surface area contributed by atoms with Gasteiger partial charge in [0.25, 0.3) is 0 Å². The number of benzene rings is 2. The van der Waals surface area contributed by atoms with Gasteiger partial charge in [0.1, 0.15) is 16.4 Å². The molecule has 0 fully saturated rings. The highest BCUT2D eigenvalue weighted by atomic mass is 17.0. The van der Waals surface area contributed by atoms with Crippen LogP contribution >= 0.6 is 0 Å². The number of hydrogen-bond donors (Lipinski definition) is 0. The summed E-state index contributed by atoms with van der Waals surface area (Å²) >= 11 is 0. The van der Waals surface area contributed by atoms with Crippen molar-refractivity contribution in [2.75, 3.05) is 27.4 Å². The first-order chi connectivity index (χ1) is 14.6. The van der Waals surface area contributed by atoms with Crippen LogP contribution in [0, 0.1) is 4.91 Å². The highest BCUT2D eigenvalue weighted by Gasteiger charge is 2.15. The molecule has 0 bridgehead atoms. The van der Waals surface area contributed by atoms with Crippen LogP contribution in [0.15, 0.2) is 61.1 Å². The van der Waals surface area contributed by atoms with Crippen molar-refractivity contribution < 1.29 is 33.7 Å². The summed E-state index contributed by atoms with van der Waals surface area (Å²) in [6.45, 7) is 4.45. The van der Waals surface area contributed by atoms with Crippen molar-refractivity contribution in [1.29, 1.82) is 0 Å². The lowest BCUT2D eigenvalue weighted by atomic mass is 10.2. The fourth-order valence-electron chi connectivity index (χ4n) is 2.40. The summed E-state index contributed by atoms with van der Waals surface area (Å²) in [5.41, 5.74) is 1.43. The van der Waals surface area contributed by atoms with Crippen molar-refractivity contribution in [3.63, 3.8) is 0 Å². The van der Waals surface area contributed by atoms with E-state index in [2.05, 4.69) is 0 Å². The fourth-order valence-corrected chi connectivity index (χ4v) is 2.40. The van der Waals surface area contributed by atoms with Gasteiger partial charge in [-0.25, -0.2) is 0 Å². The molecule has 0 heterocycles. The van der Waals surface area contributed by atoms with Gasteiger partial charge in [-0.15, -0.1) is 9.68 Å². The summed E-state index contributed by atoms with van der Waals surface area (Å²) in [5, 5.41) is -0.0505. The Morgan fingerprint density at radius 2 is 1.10 bits per heavy atom. The zero-order valence-corrected chi connectivity index (χ0v) is 17.5. The van der Waals surface area contributed by atoms with E-state index in [0.29, 0.717) is 36.2 Å². The predicted octanol–water partition coefficient (Wildman–Crippen LogP) is 4.72. The van der Waals surface area contributed by atoms with Crippen LogP contribution < -0.4 is 9.47 Å². The number of hydrogen-bond acceptors (Lipinski definition) is 7. The molecule has 2 rings (SSSR count). The SMILES string of the molecule is CCOC(=CO[N+](=O)OC=C(OCC)c1ccc(OC)cc1)c1ccc(OC)cc1. The molecule has 2 aromatic carbocycles. The van der Waals surface area contributed by atoms with Crippen LogP contribution in [0.2, 0.25) is 0 Å². The van der Waals surface area contributed by atoms with E-state index in [4.69, 9.17) is 28.6 Å². The highest BCUT2D eigenvalue weighted by molar-refractivity contribution is 5.60. The monoisotopic (exact) mass is 416 g/mol. The number of rotatable bonds is 12. The summed E-state index contributed by atoms with van der Waals surface area (Å²) in [4.78, 5) is 21.9. The molecule has 0 unspecified atom stereocenters. The van der Waals surface area contributed by atoms with Crippen molar-refractivity contribution in [3.8, 4) is 11.5 Å². The van der Waals surface area contributed by atoms with Gasteiger partial charge in [0.2, 0.25) is 12.5 Å². The van der Waals surface area contributed by atoms with E-state index in [1.807, 2.05) is 13.8 Å². The maximum Gasteiger partial charge on any atom is 0.488 e. The molecule has 0 spiro atoms. The van der Waals surface area contributed by atoms with Crippen molar-refractivity contribution in [1.82, 2.24) is 0 Å². The average molecular weight is 416 g/mol. The van der Waals surface area contributed by atoms with Gasteiger partial charge in [0.05, 0.1) is 27.4 Å². The lowest BCUT2D eigenvalue weighted by molar-refractivity contribution is -0.957. The molecule has 8 heteroatoms. The Hall–Kier alpha value is -3.68. The van der Waals surface area contributed by atoms with Crippen LogP contribution in [0.3, 0.4) is 0 Å². The lowest BCUT2D eigenvalue weighted by Crippen LogP contribution is -2.05. The molecule has 0 amide bonds. The van der Waals surface area contributed by atoms with E-state index in [1.54, 1.807) is 62.8 Å². The Morgan fingerprint density at radius 3 is 1.40 bits per heavy atom. The molecule has 0 radical (unpaired) electrons. The summed E-state index contributed by atoms with van der Waals surface area (Å²) in [6, 6.07) is 14.3. The number of nitrogens with zero attached hydrogens (tertiary/aromatic N) is 1. The summed E-state index contributed by atoms with van der Waals surface area (Å²) in [6.07, 6.45) is 2.33. The van der Waals surface area contributed by atoms with Gasteiger partial charge < -0.3 is 18.9 Å². The van der Waals surface area contributed by atoms with Crippen LogP contribution in [0.4, 0.5) is 0 Å². The molecule has 30 heavy (non-hydrogen) atoms. The molecule has 0 aliphatic carbocycles. The summed E-state index contributed by atoms with van der Waals surface area (Å²) in [5.74, 6) is 2.15. The molecular weight excluding hydrogens is 390 g/mol. The van der Waals surface area contributed by atoms with Crippen molar-refractivity contribution in [2.24, 2.45) is 0 Å². The van der Waals surface area contributed by atoms with Gasteiger partial charge in [-0.1, -0.05) is 0 Å².